The van der Waals surface area contributed by atoms with Crippen molar-refractivity contribution in [3.05, 3.63) is 74.7 Å². The highest BCUT2D eigenvalue weighted by molar-refractivity contribution is 7.15. The number of halogens is 2. The number of aryl methyl sites for hydroxylation is 1. The Morgan fingerprint density at radius 1 is 1.19 bits per heavy atom. The van der Waals surface area contributed by atoms with Gasteiger partial charge in [0.25, 0.3) is 5.91 Å². The molecule has 0 bridgehead atoms. The van der Waals surface area contributed by atoms with Gasteiger partial charge in [0.15, 0.2) is 11.7 Å². The van der Waals surface area contributed by atoms with Crippen molar-refractivity contribution in [3.8, 4) is 5.75 Å². The van der Waals surface area contributed by atoms with E-state index in [1.54, 1.807) is 24.4 Å². The molecule has 0 atom stereocenters. The third-order valence-corrected chi connectivity index (χ3v) is 5.29. The van der Waals surface area contributed by atoms with E-state index in [9.17, 15) is 4.79 Å². The van der Waals surface area contributed by atoms with E-state index in [1.165, 1.54) is 22.5 Å². The summed E-state index contributed by atoms with van der Waals surface area (Å²) in [5.41, 5.74) is 2.43. The molecular weight excluding hydrogens is 391 g/mol. The maximum Gasteiger partial charge on any atom is 0.264 e. The molecule has 0 spiro atoms. The summed E-state index contributed by atoms with van der Waals surface area (Å²) in [6.07, 6.45) is 2.55. The number of amides is 1. The van der Waals surface area contributed by atoms with Crippen LogP contribution < -0.4 is 10.1 Å². The summed E-state index contributed by atoms with van der Waals surface area (Å²) in [4.78, 5) is 17.4. The topological polar surface area (TPSA) is 51.2 Å². The number of hydrogen-bond acceptors (Lipinski definition) is 4. The number of ether oxygens (including phenoxy) is 1. The molecule has 1 N–H and O–H groups in total. The molecule has 0 fully saturated rings. The van der Waals surface area contributed by atoms with Crippen molar-refractivity contribution in [2.45, 2.75) is 13.3 Å². The SMILES string of the molecule is Cc1ccc(Cc2cnc(NC(=O)COc3cccc(Cl)c3Cl)s2)cc1. The number of aromatic nitrogens is 1. The van der Waals surface area contributed by atoms with Crippen LogP contribution in [0.15, 0.2) is 48.7 Å². The third kappa shape index (κ3) is 4.97. The molecule has 4 nitrogen and oxygen atoms in total. The Kier molecular flexibility index (Phi) is 6.14. The van der Waals surface area contributed by atoms with Gasteiger partial charge in [-0.05, 0) is 24.6 Å². The van der Waals surface area contributed by atoms with Crippen molar-refractivity contribution in [2.24, 2.45) is 0 Å². The van der Waals surface area contributed by atoms with Crippen LogP contribution in [0.1, 0.15) is 16.0 Å². The second-order valence-corrected chi connectivity index (χ2v) is 7.58. The molecule has 1 heterocycles. The van der Waals surface area contributed by atoms with Crippen LogP contribution in [0.3, 0.4) is 0 Å². The van der Waals surface area contributed by atoms with Crippen LogP contribution >= 0.6 is 34.5 Å². The van der Waals surface area contributed by atoms with E-state index in [-0.39, 0.29) is 17.5 Å². The predicted octanol–water partition coefficient (Wildman–Crippen LogP) is 5.37. The second kappa shape index (κ2) is 8.54. The molecule has 0 aliphatic carbocycles. The number of hydrogen-bond donors (Lipinski definition) is 1. The highest BCUT2D eigenvalue weighted by Gasteiger charge is 2.10. The average molecular weight is 407 g/mol. The minimum absolute atomic E-state index is 0.174. The first-order chi connectivity index (χ1) is 12.5. The molecule has 0 saturated carbocycles. The Labute approximate surface area is 165 Å². The molecule has 0 radical (unpaired) electrons. The number of rotatable bonds is 6. The maximum absolute atomic E-state index is 12.0. The van der Waals surface area contributed by atoms with Gasteiger partial charge < -0.3 is 4.74 Å². The predicted molar refractivity (Wildman–Crippen MR) is 107 cm³/mol. The highest BCUT2D eigenvalue weighted by Crippen LogP contribution is 2.31. The third-order valence-electron chi connectivity index (χ3n) is 3.57. The van der Waals surface area contributed by atoms with Gasteiger partial charge in [0.05, 0.1) is 5.02 Å². The molecule has 3 rings (SSSR count). The lowest BCUT2D eigenvalue weighted by Crippen LogP contribution is -2.20. The molecule has 7 heteroatoms. The number of anilines is 1. The Balaban J connectivity index is 1.54. The van der Waals surface area contributed by atoms with Gasteiger partial charge in [-0.2, -0.15) is 0 Å². The average Bonchev–Trinajstić information content (AvgIpc) is 3.05. The van der Waals surface area contributed by atoms with Crippen molar-refractivity contribution >= 4 is 45.6 Å². The second-order valence-electron chi connectivity index (χ2n) is 5.68. The molecule has 1 aromatic heterocycles. The fourth-order valence-electron chi connectivity index (χ4n) is 2.25. The molecule has 134 valence electrons. The van der Waals surface area contributed by atoms with E-state index in [4.69, 9.17) is 27.9 Å². The molecule has 3 aromatic rings. The molecule has 26 heavy (non-hydrogen) atoms. The summed E-state index contributed by atoms with van der Waals surface area (Å²) in [6.45, 7) is 1.88. The molecule has 0 unspecified atom stereocenters. The van der Waals surface area contributed by atoms with Crippen LogP contribution in [-0.4, -0.2) is 17.5 Å². The van der Waals surface area contributed by atoms with E-state index in [0.29, 0.717) is 15.9 Å². The van der Waals surface area contributed by atoms with Gasteiger partial charge in [0.2, 0.25) is 0 Å². The van der Waals surface area contributed by atoms with Gasteiger partial charge in [-0.25, -0.2) is 4.98 Å². The van der Waals surface area contributed by atoms with E-state index in [1.807, 2.05) is 0 Å². The molecule has 0 aliphatic rings. The van der Waals surface area contributed by atoms with Gasteiger partial charge in [-0.3, -0.25) is 10.1 Å². The van der Waals surface area contributed by atoms with Crippen LogP contribution in [0.2, 0.25) is 10.0 Å². The lowest BCUT2D eigenvalue weighted by Gasteiger charge is -2.08. The van der Waals surface area contributed by atoms with Crippen LogP contribution in [0.25, 0.3) is 0 Å². The minimum Gasteiger partial charge on any atom is -0.482 e. The van der Waals surface area contributed by atoms with Gasteiger partial charge >= 0.3 is 0 Å². The Morgan fingerprint density at radius 2 is 1.96 bits per heavy atom. The number of nitrogens with one attached hydrogen (secondary N) is 1. The van der Waals surface area contributed by atoms with Crippen molar-refractivity contribution < 1.29 is 9.53 Å². The van der Waals surface area contributed by atoms with Crippen LogP contribution in [0.4, 0.5) is 5.13 Å². The Hall–Kier alpha value is -2.08. The van der Waals surface area contributed by atoms with Gasteiger partial charge in [0, 0.05) is 17.5 Å². The smallest absolute Gasteiger partial charge is 0.264 e. The monoisotopic (exact) mass is 406 g/mol. The molecule has 1 amide bonds. The molecular formula is C19H16Cl2N2O2S. The summed E-state index contributed by atoms with van der Waals surface area (Å²) in [6, 6.07) is 13.4. The van der Waals surface area contributed by atoms with Crippen LogP contribution in [0.5, 0.6) is 5.75 Å². The Bertz CT molecular complexity index is 910. The van der Waals surface area contributed by atoms with E-state index in [0.717, 1.165) is 11.3 Å². The molecule has 0 aliphatic heterocycles. The zero-order valence-corrected chi connectivity index (χ0v) is 16.3. The number of carbonyl (C=O) groups excluding carboxylic acids is 1. The lowest BCUT2D eigenvalue weighted by molar-refractivity contribution is -0.118. The lowest BCUT2D eigenvalue weighted by atomic mass is 10.1. The summed E-state index contributed by atoms with van der Waals surface area (Å²) in [7, 11) is 0. The minimum atomic E-state index is -0.308. The number of benzene rings is 2. The fourth-order valence-corrected chi connectivity index (χ4v) is 3.46. The summed E-state index contributed by atoms with van der Waals surface area (Å²) in [5.74, 6) is 0.0609. The van der Waals surface area contributed by atoms with E-state index >= 15 is 0 Å². The normalized spacial score (nSPS) is 10.6. The Morgan fingerprint density at radius 3 is 2.73 bits per heavy atom. The van der Waals surface area contributed by atoms with Crippen molar-refractivity contribution in [1.82, 2.24) is 4.98 Å². The van der Waals surface area contributed by atoms with E-state index < -0.39 is 0 Å². The number of carbonyl (C=O) groups is 1. The first-order valence-electron chi connectivity index (χ1n) is 7.88. The van der Waals surface area contributed by atoms with Gasteiger partial charge in [-0.1, -0.05) is 59.1 Å². The largest absolute Gasteiger partial charge is 0.482 e. The highest BCUT2D eigenvalue weighted by atomic mass is 35.5. The quantitative estimate of drug-likeness (QED) is 0.598. The maximum atomic E-state index is 12.0. The molecule has 0 saturated heterocycles. The fraction of sp³-hybridized carbons (Fsp3) is 0.158. The van der Waals surface area contributed by atoms with Crippen molar-refractivity contribution in [1.29, 1.82) is 0 Å². The number of nitrogens with zero attached hydrogens (tertiary/aromatic N) is 1. The first-order valence-corrected chi connectivity index (χ1v) is 9.45. The molecule has 2 aromatic carbocycles. The van der Waals surface area contributed by atoms with Gasteiger partial charge in [-0.15, -0.1) is 11.3 Å². The van der Waals surface area contributed by atoms with Crippen molar-refractivity contribution in [3.63, 3.8) is 0 Å². The van der Waals surface area contributed by atoms with E-state index in [2.05, 4.69) is 41.5 Å². The van der Waals surface area contributed by atoms with Crippen molar-refractivity contribution in [2.75, 3.05) is 11.9 Å². The van der Waals surface area contributed by atoms with Crippen LogP contribution in [0, 0.1) is 6.92 Å². The summed E-state index contributed by atoms with van der Waals surface area (Å²) < 4.78 is 5.41. The standard InChI is InChI=1S/C19H16Cl2N2O2S/c1-12-5-7-13(8-6-12)9-14-10-22-19(26-14)23-17(24)11-25-16-4-2-3-15(20)18(16)21/h2-8,10H,9,11H2,1H3,(H,22,23,24). The zero-order valence-electron chi connectivity index (χ0n) is 14.0. The summed E-state index contributed by atoms with van der Waals surface area (Å²) in [5, 5.41) is 3.94. The zero-order chi connectivity index (χ0) is 18.5. The van der Waals surface area contributed by atoms with Crippen LogP contribution in [-0.2, 0) is 11.2 Å². The first kappa shape index (κ1) is 18.7. The van der Waals surface area contributed by atoms with Gasteiger partial charge in [0.1, 0.15) is 10.8 Å². The number of thiazole rings is 1. The summed E-state index contributed by atoms with van der Waals surface area (Å²) >= 11 is 13.4.